The van der Waals surface area contributed by atoms with Crippen LogP contribution in [0.1, 0.15) is 0 Å². The molecule has 0 saturated heterocycles. The van der Waals surface area contributed by atoms with E-state index in [1.165, 1.54) is 0 Å². The third-order valence-electron chi connectivity index (χ3n) is 7.27. The van der Waals surface area contributed by atoms with E-state index in [-0.39, 0.29) is 22.1 Å². The lowest BCUT2D eigenvalue weighted by molar-refractivity contribution is 0.472. The van der Waals surface area contributed by atoms with Gasteiger partial charge in [-0.15, -0.1) is 10.2 Å². The molecule has 7 N–H and O–H groups in total. The standard InChI is InChI=1S/C32H24N6O7S2/c33-26-13-14-28(25-4-2-1-3-24(25)26)37-35-21-9-5-18(6-10-21)19-7-11-22(12-8-19)36-38-31-29(47(43,44)45)16-20-15-23(46(40,41)42)17-27(34)30(20)32(31)39/h1-17,39H,33-34H2,(H,40,41,42)(H,43,44,45). The van der Waals surface area contributed by atoms with Crippen molar-refractivity contribution in [1.29, 1.82) is 0 Å². The van der Waals surface area contributed by atoms with Gasteiger partial charge in [-0.25, -0.2) is 0 Å². The van der Waals surface area contributed by atoms with Gasteiger partial charge in [0.2, 0.25) is 0 Å². The van der Waals surface area contributed by atoms with Crippen molar-refractivity contribution >= 4 is 75.9 Å². The summed E-state index contributed by atoms with van der Waals surface area (Å²) in [5, 5.41) is 29.0. The maximum atomic E-state index is 12.2. The van der Waals surface area contributed by atoms with E-state index < -0.39 is 41.5 Å². The monoisotopic (exact) mass is 668 g/mol. The van der Waals surface area contributed by atoms with E-state index in [1.54, 1.807) is 30.3 Å². The molecule has 0 unspecified atom stereocenters. The lowest BCUT2D eigenvalue weighted by Crippen LogP contribution is -2.02. The van der Waals surface area contributed by atoms with E-state index in [2.05, 4.69) is 20.5 Å². The van der Waals surface area contributed by atoms with E-state index in [0.717, 1.165) is 40.1 Å². The number of rotatable bonds is 7. The number of azo groups is 2. The number of nitrogens with two attached hydrogens (primary N) is 2. The average molecular weight is 669 g/mol. The summed E-state index contributed by atoms with van der Waals surface area (Å²) in [7, 11) is -9.69. The van der Waals surface area contributed by atoms with Gasteiger partial charge in [0.15, 0.2) is 5.75 Å². The molecule has 0 aliphatic carbocycles. The smallest absolute Gasteiger partial charge is 0.296 e. The highest BCUT2D eigenvalue weighted by Crippen LogP contribution is 2.44. The lowest BCUT2D eigenvalue weighted by atomic mass is 10.1. The fourth-order valence-electron chi connectivity index (χ4n) is 4.99. The van der Waals surface area contributed by atoms with Crippen molar-refractivity contribution in [1.82, 2.24) is 0 Å². The van der Waals surface area contributed by atoms with Crippen LogP contribution in [0.4, 0.5) is 34.1 Å². The summed E-state index contributed by atoms with van der Waals surface area (Å²) in [5.74, 6) is -0.767. The fraction of sp³-hybridized carbons (Fsp3) is 0. The molecule has 47 heavy (non-hydrogen) atoms. The van der Waals surface area contributed by atoms with Gasteiger partial charge in [-0.3, -0.25) is 9.11 Å². The van der Waals surface area contributed by atoms with Gasteiger partial charge in [0.05, 0.1) is 22.0 Å². The summed E-state index contributed by atoms with van der Waals surface area (Å²) < 4.78 is 66.7. The van der Waals surface area contributed by atoms with Crippen molar-refractivity contribution in [3.05, 3.63) is 103 Å². The Morgan fingerprint density at radius 2 is 1.15 bits per heavy atom. The number of phenols is 1. The predicted molar refractivity (Wildman–Crippen MR) is 178 cm³/mol. The van der Waals surface area contributed by atoms with E-state index in [9.17, 15) is 31.0 Å². The lowest BCUT2D eigenvalue weighted by Gasteiger charge is -2.12. The molecular weight excluding hydrogens is 645 g/mol. The molecule has 0 saturated carbocycles. The van der Waals surface area contributed by atoms with Gasteiger partial charge >= 0.3 is 0 Å². The van der Waals surface area contributed by atoms with Crippen molar-refractivity contribution in [3.63, 3.8) is 0 Å². The molecule has 0 aliphatic rings. The molecule has 0 fully saturated rings. The molecule has 0 spiro atoms. The Bertz CT molecular complexity index is 2480. The number of hydrogen-bond donors (Lipinski definition) is 5. The molecule has 0 atom stereocenters. The zero-order chi connectivity index (χ0) is 33.5. The Balaban J connectivity index is 1.25. The minimum Gasteiger partial charge on any atom is -0.505 e. The maximum Gasteiger partial charge on any atom is 0.296 e. The molecule has 0 aliphatic heterocycles. The number of nitrogen functional groups attached to an aromatic ring is 2. The minimum atomic E-state index is -4.98. The highest BCUT2D eigenvalue weighted by atomic mass is 32.2. The largest absolute Gasteiger partial charge is 0.505 e. The summed E-state index contributed by atoms with van der Waals surface area (Å²) in [5.41, 5.74) is 15.0. The first-order valence-electron chi connectivity index (χ1n) is 13.6. The summed E-state index contributed by atoms with van der Waals surface area (Å²) in [4.78, 5) is -1.49. The molecule has 6 aromatic rings. The van der Waals surface area contributed by atoms with Gasteiger partial charge in [0.25, 0.3) is 20.2 Å². The maximum absolute atomic E-state index is 12.2. The number of fused-ring (bicyclic) bond motifs is 2. The van der Waals surface area contributed by atoms with Gasteiger partial charge in [-0.2, -0.15) is 27.1 Å². The van der Waals surface area contributed by atoms with Gasteiger partial charge in [0.1, 0.15) is 10.6 Å². The number of anilines is 2. The SMILES string of the molecule is Nc1ccc(N=Nc2ccc(-c3ccc(N=Nc4c(S(=O)(=O)O)cc5cc(S(=O)(=O)O)cc(N)c5c4O)cc3)cc2)c2ccccc12. The van der Waals surface area contributed by atoms with Crippen LogP contribution in [0.25, 0.3) is 32.7 Å². The summed E-state index contributed by atoms with van der Waals surface area (Å²) >= 11 is 0. The summed E-state index contributed by atoms with van der Waals surface area (Å²) in [6, 6.07) is 28.0. The van der Waals surface area contributed by atoms with E-state index in [1.807, 2.05) is 54.6 Å². The topological polar surface area (TPSA) is 230 Å². The molecule has 0 bridgehead atoms. The first-order valence-corrected chi connectivity index (χ1v) is 16.5. The van der Waals surface area contributed by atoms with Crippen LogP contribution in [-0.4, -0.2) is 31.0 Å². The molecule has 0 aromatic heterocycles. The molecular formula is C32H24N6O7S2. The van der Waals surface area contributed by atoms with Crippen LogP contribution in [0.5, 0.6) is 5.75 Å². The van der Waals surface area contributed by atoms with E-state index in [4.69, 9.17) is 11.5 Å². The zero-order valence-electron chi connectivity index (χ0n) is 24.0. The van der Waals surface area contributed by atoms with Gasteiger partial charge in [-0.1, -0.05) is 48.5 Å². The van der Waals surface area contributed by atoms with E-state index in [0.29, 0.717) is 17.1 Å². The van der Waals surface area contributed by atoms with Gasteiger partial charge in [0, 0.05) is 27.5 Å². The second-order valence-electron chi connectivity index (χ2n) is 10.3. The Labute approximate surface area is 268 Å². The molecule has 6 aromatic carbocycles. The summed E-state index contributed by atoms with van der Waals surface area (Å²) in [6.45, 7) is 0. The summed E-state index contributed by atoms with van der Waals surface area (Å²) in [6.07, 6.45) is 0. The highest BCUT2D eigenvalue weighted by molar-refractivity contribution is 7.86. The molecule has 6 rings (SSSR count). The zero-order valence-corrected chi connectivity index (χ0v) is 25.7. The number of nitrogens with zero attached hydrogens (tertiary/aromatic N) is 4. The van der Waals surface area contributed by atoms with Crippen LogP contribution in [0.15, 0.2) is 133 Å². The van der Waals surface area contributed by atoms with Crippen LogP contribution >= 0.6 is 0 Å². The van der Waals surface area contributed by atoms with Crippen molar-refractivity contribution < 1.29 is 31.0 Å². The van der Waals surface area contributed by atoms with Crippen molar-refractivity contribution in [3.8, 4) is 16.9 Å². The van der Waals surface area contributed by atoms with Crippen LogP contribution in [0, 0.1) is 0 Å². The molecule has 0 radical (unpaired) electrons. The normalized spacial score (nSPS) is 12.5. The fourth-order valence-corrected chi connectivity index (χ4v) is 6.20. The molecule has 13 nitrogen and oxygen atoms in total. The molecule has 15 heteroatoms. The van der Waals surface area contributed by atoms with Crippen LogP contribution < -0.4 is 11.5 Å². The average Bonchev–Trinajstić information content (AvgIpc) is 3.03. The van der Waals surface area contributed by atoms with Crippen molar-refractivity contribution in [2.75, 3.05) is 11.5 Å². The van der Waals surface area contributed by atoms with Gasteiger partial charge < -0.3 is 16.6 Å². The Hall–Kier alpha value is -5.74. The number of aromatic hydroxyl groups is 1. The van der Waals surface area contributed by atoms with E-state index >= 15 is 0 Å². The quantitative estimate of drug-likeness (QED) is 0.0632. The predicted octanol–water partition coefficient (Wildman–Crippen LogP) is 7.85. The minimum absolute atomic E-state index is 0.154. The second-order valence-corrected chi connectivity index (χ2v) is 13.2. The number of phenolic OH excluding ortho intramolecular Hbond substituents is 1. The van der Waals surface area contributed by atoms with Gasteiger partial charge in [-0.05, 0) is 71.1 Å². The highest BCUT2D eigenvalue weighted by Gasteiger charge is 2.24. The Morgan fingerprint density at radius 3 is 1.72 bits per heavy atom. The molecule has 0 heterocycles. The molecule has 0 amide bonds. The number of hydrogen-bond acceptors (Lipinski definition) is 11. The first kappa shape index (κ1) is 31.3. The Morgan fingerprint density at radius 1 is 0.574 bits per heavy atom. The second kappa shape index (κ2) is 11.9. The third-order valence-corrected chi connectivity index (χ3v) is 8.97. The van der Waals surface area contributed by atoms with Crippen molar-refractivity contribution in [2.45, 2.75) is 9.79 Å². The number of benzene rings is 6. The third kappa shape index (κ3) is 6.36. The van der Waals surface area contributed by atoms with Crippen LogP contribution in [0.3, 0.4) is 0 Å². The Kier molecular flexibility index (Phi) is 7.90. The van der Waals surface area contributed by atoms with Crippen molar-refractivity contribution in [2.24, 2.45) is 20.5 Å². The van der Waals surface area contributed by atoms with Crippen LogP contribution in [-0.2, 0) is 20.2 Å². The molecule has 236 valence electrons. The van der Waals surface area contributed by atoms with Crippen LogP contribution in [0.2, 0.25) is 0 Å². The first-order chi connectivity index (χ1) is 22.3.